The van der Waals surface area contributed by atoms with Gasteiger partial charge >= 0.3 is 0 Å². The minimum absolute atomic E-state index is 0.187. The van der Waals surface area contributed by atoms with E-state index in [1.807, 2.05) is 7.05 Å². The molecule has 0 aliphatic carbocycles. The van der Waals surface area contributed by atoms with E-state index in [-0.39, 0.29) is 11.9 Å². The Kier molecular flexibility index (Phi) is 4.71. The molecule has 1 unspecified atom stereocenters. The zero-order chi connectivity index (χ0) is 13.8. The second-order valence-corrected chi connectivity index (χ2v) is 5.30. The van der Waals surface area contributed by atoms with Crippen molar-refractivity contribution < 1.29 is 4.39 Å². The minimum atomic E-state index is -0.187. The second-order valence-electron chi connectivity index (χ2n) is 5.30. The van der Waals surface area contributed by atoms with Crippen molar-refractivity contribution in [2.75, 3.05) is 38.6 Å². The van der Waals surface area contributed by atoms with Crippen LogP contribution in [0.5, 0.6) is 0 Å². The smallest absolute Gasteiger partial charge is 0.170 e. The number of likely N-dealkylation sites (N-methyl/N-ethyl adjacent to an activating group) is 1. The standard InChI is InChI=1S/C14H23FN4/c1-11-10-18(3)7-4-8-19(11)14-13(15)12(9-16-2)5-6-17-14/h5-6,11,16H,4,7-10H2,1-3H3. The molecule has 1 aromatic heterocycles. The lowest BCUT2D eigenvalue weighted by molar-refractivity contribution is 0.336. The number of halogens is 1. The van der Waals surface area contributed by atoms with E-state index in [2.05, 4.69) is 34.1 Å². The first-order chi connectivity index (χ1) is 9.13. The van der Waals surface area contributed by atoms with Gasteiger partial charge in [0.1, 0.15) is 0 Å². The summed E-state index contributed by atoms with van der Waals surface area (Å²) in [6.07, 6.45) is 2.74. The lowest BCUT2D eigenvalue weighted by Crippen LogP contribution is -2.39. The Labute approximate surface area is 114 Å². The molecule has 1 N–H and O–H groups in total. The lowest BCUT2D eigenvalue weighted by Gasteiger charge is -2.29. The van der Waals surface area contributed by atoms with Gasteiger partial charge in [0.25, 0.3) is 0 Å². The van der Waals surface area contributed by atoms with Crippen molar-refractivity contribution in [3.05, 3.63) is 23.6 Å². The summed E-state index contributed by atoms with van der Waals surface area (Å²) in [6, 6.07) is 2.02. The van der Waals surface area contributed by atoms with Crippen LogP contribution in [-0.2, 0) is 6.54 Å². The fraction of sp³-hybridized carbons (Fsp3) is 0.643. The van der Waals surface area contributed by atoms with Gasteiger partial charge in [-0.3, -0.25) is 0 Å². The highest BCUT2D eigenvalue weighted by Crippen LogP contribution is 2.23. The maximum absolute atomic E-state index is 14.5. The third kappa shape index (κ3) is 3.22. The number of aromatic nitrogens is 1. The van der Waals surface area contributed by atoms with Crippen molar-refractivity contribution >= 4 is 5.82 Å². The second kappa shape index (κ2) is 6.30. The maximum atomic E-state index is 14.5. The van der Waals surface area contributed by atoms with Gasteiger partial charge in [0.15, 0.2) is 11.6 Å². The van der Waals surface area contributed by atoms with E-state index in [0.717, 1.165) is 26.1 Å². The van der Waals surface area contributed by atoms with Crippen LogP contribution in [-0.4, -0.2) is 49.7 Å². The topological polar surface area (TPSA) is 31.4 Å². The van der Waals surface area contributed by atoms with Crippen molar-refractivity contribution in [1.82, 2.24) is 15.2 Å². The van der Waals surface area contributed by atoms with Crippen LogP contribution >= 0.6 is 0 Å². The summed E-state index contributed by atoms with van der Waals surface area (Å²) in [5.41, 5.74) is 0.678. The molecule has 1 fully saturated rings. The molecule has 1 aliphatic heterocycles. The van der Waals surface area contributed by atoms with Crippen LogP contribution in [0.1, 0.15) is 18.9 Å². The molecule has 2 heterocycles. The van der Waals surface area contributed by atoms with Crippen LogP contribution in [0.25, 0.3) is 0 Å². The zero-order valence-electron chi connectivity index (χ0n) is 12.0. The molecule has 0 spiro atoms. The van der Waals surface area contributed by atoms with Crippen LogP contribution in [0.2, 0.25) is 0 Å². The summed E-state index contributed by atoms with van der Waals surface area (Å²) in [5.74, 6) is 0.309. The van der Waals surface area contributed by atoms with Gasteiger partial charge in [-0.05, 0) is 40.1 Å². The highest BCUT2D eigenvalue weighted by molar-refractivity contribution is 5.44. The first-order valence-electron chi connectivity index (χ1n) is 6.86. The van der Waals surface area contributed by atoms with Crippen molar-refractivity contribution in [3.63, 3.8) is 0 Å². The Morgan fingerprint density at radius 1 is 1.47 bits per heavy atom. The van der Waals surface area contributed by atoms with Crippen molar-refractivity contribution in [3.8, 4) is 0 Å². The molecule has 0 amide bonds. The highest BCUT2D eigenvalue weighted by Gasteiger charge is 2.24. The van der Waals surface area contributed by atoms with E-state index in [4.69, 9.17) is 0 Å². The average molecular weight is 266 g/mol. The molecular formula is C14H23FN4. The number of nitrogens with one attached hydrogen (secondary N) is 1. The molecule has 19 heavy (non-hydrogen) atoms. The zero-order valence-corrected chi connectivity index (χ0v) is 12.0. The molecule has 1 aliphatic rings. The largest absolute Gasteiger partial charge is 0.350 e. The Morgan fingerprint density at radius 3 is 3.00 bits per heavy atom. The van der Waals surface area contributed by atoms with Gasteiger partial charge in [0.05, 0.1) is 0 Å². The highest BCUT2D eigenvalue weighted by atomic mass is 19.1. The Bertz CT molecular complexity index is 424. The molecule has 0 saturated carbocycles. The number of hydrogen-bond donors (Lipinski definition) is 1. The lowest BCUT2D eigenvalue weighted by atomic mass is 10.2. The molecule has 2 rings (SSSR count). The SMILES string of the molecule is CNCc1ccnc(N2CCCN(C)CC2C)c1F. The van der Waals surface area contributed by atoms with Crippen LogP contribution in [0, 0.1) is 5.82 Å². The number of pyridine rings is 1. The van der Waals surface area contributed by atoms with Crippen molar-refractivity contribution in [2.24, 2.45) is 0 Å². The quantitative estimate of drug-likeness (QED) is 0.898. The molecule has 1 saturated heterocycles. The fourth-order valence-corrected chi connectivity index (χ4v) is 2.69. The first-order valence-corrected chi connectivity index (χ1v) is 6.86. The molecule has 5 heteroatoms. The van der Waals surface area contributed by atoms with E-state index >= 15 is 0 Å². The predicted octanol–water partition coefficient (Wildman–Crippen LogP) is 1.47. The minimum Gasteiger partial charge on any atom is -0.350 e. The normalized spacial score (nSPS) is 21.5. The summed E-state index contributed by atoms with van der Waals surface area (Å²) >= 11 is 0. The summed E-state index contributed by atoms with van der Waals surface area (Å²) in [7, 11) is 3.93. The van der Waals surface area contributed by atoms with Crippen molar-refractivity contribution in [2.45, 2.75) is 25.9 Å². The number of rotatable bonds is 3. The predicted molar refractivity (Wildman–Crippen MR) is 75.9 cm³/mol. The number of anilines is 1. The number of hydrogen-bond acceptors (Lipinski definition) is 4. The first kappa shape index (κ1) is 14.2. The van der Waals surface area contributed by atoms with E-state index in [1.54, 1.807) is 12.3 Å². The van der Waals surface area contributed by atoms with Gasteiger partial charge in [-0.2, -0.15) is 0 Å². The van der Waals surface area contributed by atoms with Gasteiger partial charge in [0.2, 0.25) is 0 Å². The Balaban J connectivity index is 2.27. The summed E-state index contributed by atoms with van der Waals surface area (Å²) in [6.45, 7) is 5.52. The summed E-state index contributed by atoms with van der Waals surface area (Å²) < 4.78 is 14.5. The molecular weight excluding hydrogens is 243 g/mol. The van der Waals surface area contributed by atoms with Crippen LogP contribution in [0.4, 0.5) is 10.2 Å². The number of nitrogens with zero attached hydrogens (tertiary/aromatic N) is 3. The van der Waals surface area contributed by atoms with E-state index in [1.165, 1.54) is 0 Å². The van der Waals surface area contributed by atoms with Crippen LogP contribution in [0.15, 0.2) is 12.3 Å². The fourth-order valence-electron chi connectivity index (χ4n) is 2.69. The Morgan fingerprint density at radius 2 is 2.26 bits per heavy atom. The van der Waals surface area contributed by atoms with Gasteiger partial charge in [-0.15, -0.1) is 0 Å². The van der Waals surface area contributed by atoms with Crippen LogP contribution in [0.3, 0.4) is 0 Å². The van der Waals surface area contributed by atoms with E-state index in [9.17, 15) is 4.39 Å². The summed E-state index contributed by atoms with van der Waals surface area (Å²) in [4.78, 5) is 8.65. The molecule has 0 aromatic carbocycles. The molecule has 106 valence electrons. The van der Waals surface area contributed by atoms with E-state index in [0.29, 0.717) is 17.9 Å². The molecule has 0 bridgehead atoms. The molecule has 1 aromatic rings. The van der Waals surface area contributed by atoms with Gasteiger partial charge in [-0.1, -0.05) is 0 Å². The Hall–Kier alpha value is -1.20. The molecule has 1 atom stereocenters. The molecule has 0 radical (unpaired) electrons. The van der Waals surface area contributed by atoms with Gasteiger partial charge in [-0.25, -0.2) is 9.37 Å². The van der Waals surface area contributed by atoms with Gasteiger partial charge in [0, 0.05) is 37.4 Å². The monoisotopic (exact) mass is 266 g/mol. The molecule has 4 nitrogen and oxygen atoms in total. The van der Waals surface area contributed by atoms with Crippen molar-refractivity contribution in [1.29, 1.82) is 0 Å². The average Bonchev–Trinajstić information content (AvgIpc) is 2.53. The van der Waals surface area contributed by atoms with E-state index < -0.39 is 0 Å². The van der Waals surface area contributed by atoms with Gasteiger partial charge < -0.3 is 15.1 Å². The third-order valence-electron chi connectivity index (χ3n) is 3.64. The summed E-state index contributed by atoms with van der Waals surface area (Å²) in [5, 5.41) is 2.99. The maximum Gasteiger partial charge on any atom is 0.170 e. The van der Waals surface area contributed by atoms with Crippen LogP contribution < -0.4 is 10.2 Å². The third-order valence-corrected chi connectivity index (χ3v) is 3.64.